The third-order valence-corrected chi connectivity index (χ3v) is 4.81. The van der Waals surface area contributed by atoms with Crippen molar-refractivity contribution in [3.8, 4) is 0 Å². The summed E-state index contributed by atoms with van der Waals surface area (Å²) in [5, 5.41) is 9.36. The van der Waals surface area contributed by atoms with Gasteiger partial charge in [0.05, 0.1) is 6.54 Å². The van der Waals surface area contributed by atoms with Crippen LogP contribution in [0.2, 0.25) is 0 Å². The predicted molar refractivity (Wildman–Crippen MR) is 132 cm³/mol. The molecule has 0 bridgehead atoms. The van der Waals surface area contributed by atoms with Crippen molar-refractivity contribution >= 4 is 35.8 Å². The van der Waals surface area contributed by atoms with E-state index in [1.54, 1.807) is 7.05 Å². The summed E-state index contributed by atoms with van der Waals surface area (Å²) in [6.07, 6.45) is 5.30. The van der Waals surface area contributed by atoms with Gasteiger partial charge in [-0.25, -0.2) is 0 Å². The molecule has 1 aromatic rings. The van der Waals surface area contributed by atoms with Crippen molar-refractivity contribution in [3.63, 3.8) is 0 Å². The van der Waals surface area contributed by atoms with Crippen LogP contribution in [0.1, 0.15) is 57.6 Å². The molecule has 1 aromatic carbocycles. The van der Waals surface area contributed by atoms with Crippen LogP contribution in [0.3, 0.4) is 0 Å². The molecule has 0 unspecified atom stereocenters. The topological polar surface area (TPSA) is 68.8 Å². The number of rotatable bonds is 6. The Balaban J connectivity index is 0.00000420. The average Bonchev–Trinajstić information content (AvgIpc) is 2.90. The fraction of sp³-hybridized carbons (Fsp3) is 0.636. The number of nitrogens with zero attached hydrogens (tertiary/aromatic N) is 2. The van der Waals surface area contributed by atoms with Gasteiger partial charge in [-0.05, 0) is 57.8 Å². The number of hydrogen-bond acceptors (Lipinski definition) is 3. The summed E-state index contributed by atoms with van der Waals surface area (Å²) in [4.78, 5) is 18.8. The third-order valence-electron chi connectivity index (χ3n) is 4.81. The summed E-state index contributed by atoms with van der Waals surface area (Å²) in [6, 6.07) is 8.57. The summed E-state index contributed by atoms with van der Waals surface area (Å²) in [6.45, 7) is 10.2. The van der Waals surface area contributed by atoms with E-state index in [0.29, 0.717) is 12.5 Å². The van der Waals surface area contributed by atoms with Gasteiger partial charge < -0.3 is 16.0 Å². The minimum Gasteiger partial charge on any atom is -0.352 e. The van der Waals surface area contributed by atoms with Crippen molar-refractivity contribution in [3.05, 3.63) is 35.4 Å². The van der Waals surface area contributed by atoms with Gasteiger partial charge in [-0.15, -0.1) is 24.0 Å². The fourth-order valence-electron chi connectivity index (χ4n) is 3.45. The zero-order chi connectivity index (χ0) is 20.4. The van der Waals surface area contributed by atoms with E-state index in [9.17, 15) is 4.79 Å². The van der Waals surface area contributed by atoms with Crippen molar-refractivity contribution in [1.82, 2.24) is 20.9 Å². The Labute approximate surface area is 193 Å². The van der Waals surface area contributed by atoms with Gasteiger partial charge in [0.25, 0.3) is 0 Å². The molecular weight excluding hydrogens is 477 g/mol. The molecule has 2 rings (SSSR count). The molecule has 1 heterocycles. The SMILES string of the molecule is CN=C(NCC(=O)NC(C)(C)C)NCc1ccccc1CN1CCCCCC1.I. The molecule has 164 valence electrons. The molecule has 1 aliphatic rings. The summed E-state index contributed by atoms with van der Waals surface area (Å²) in [7, 11) is 1.72. The van der Waals surface area contributed by atoms with E-state index < -0.39 is 0 Å². The smallest absolute Gasteiger partial charge is 0.239 e. The number of guanidine groups is 1. The second-order valence-corrected chi connectivity index (χ2v) is 8.54. The number of benzene rings is 1. The number of likely N-dealkylation sites (tertiary alicyclic amines) is 1. The Bertz CT molecular complexity index is 649. The Morgan fingerprint density at radius 1 is 1.03 bits per heavy atom. The molecule has 1 fully saturated rings. The van der Waals surface area contributed by atoms with Gasteiger partial charge in [-0.1, -0.05) is 37.1 Å². The van der Waals surface area contributed by atoms with Gasteiger partial charge in [0, 0.05) is 25.7 Å². The van der Waals surface area contributed by atoms with E-state index in [-0.39, 0.29) is 42.0 Å². The molecule has 0 saturated carbocycles. The number of halogens is 1. The summed E-state index contributed by atoms with van der Waals surface area (Å²) in [5.41, 5.74) is 2.40. The standard InChI is InChI=1S/C22H37N5O.HI/c1-22(2,3)26-20(28)16-25-21(23-4)24-15-18-11-7-8-12-19(18)17-27-13-9-5-6-10-14-27;/h7-8,11-12H,5-6,9-10,13-17H2,1-4H3,(H,26,28)(H2,23,24,25);1H. The van der Waals surface area contributed by atoms with Gasteiger partial charge in [0.1, 0.15) is 0 Å². The first-order valence-corrected chi connectivity index (χ1v) is 10.4. The van der Waals surface area contributed by atoms with Crippen LogP contribution >= 0.6 is 24.0 Å². The minimum absolute atomic E-state index is 0. The molecule has 0 radical (unpaired) electrons. The lowest BCUT2D eigenvalue weighted by Crippen LogP contribution is -2.48. The van der Waals surface area contributed by atoms with Crippen molar-refractivity contribution in [2.24, 2.45) is 4.99 Å². The van der Waals surface area contributed by atoms with Gasteiger partial charge in [0.2, 0.25) is 5.91 Å². The molecule has 6 nitrogen and oxygen atoms in total. The van der Waals surface area contributed by atoms with Crippen LogP contribution < -0.4 is 16.0 Å². The van der Waals surface area contributed by atoms with Crippen LogP contribution in [0.5, 0.6) is 0 Å². The molecule has 0 atom stereocenters. The highest BCUT2D eigenvalue weighted by atomic mass is 127. The number of nitrogens with one attached hydrogen (secondary N) is 3. The zero-order valence-electron chi connectivity index (χ0n) is 18.4. The number of carbonyl (C=O) groups excluding carboxylic acids is 1. The van der Waals surface area contributed by atoms with Gasteiger partial charge in [-0.3, -0.25) is 14.7 Å². The average molecular weight is 515 g/mol. The summed E-state index contributed by atoms with van der Waals surface area (Å²) < 4.78 is 0. The number of aliphatic imine (C=N–C) groups is 1. The first kappa shape index (κ1) is 25.7. The molecule has 29 heavy (non-hydrogen) atoms. The fourth-order valence-corrected chi connectivity index (χ4v) is 3.45. The number of hydrogen-bond donors (Lipinski definition) is 3. The highest BCUT2D eigenvalue weighted by Crippen LogP contribution is 2.16. The van der Waals surface area contributed by atoms with Gasteiger partial charge in [0.15, 0.2) is 5.96 Å². The molecule has 1 aliphatic heterocycles. The van der Waals surface area contributed by atoms with Crippen molar-refractivity contribution in [2.75, 3.05) is 26.7 Å². The molecule has 0 spiro atoms. The first-order chi connectivity index (χ1) is 13.4. The van der Waals surface area contributed by atoms with E-state index in [4.69, 9.17) is 0 Å². The maximum Gasteiger partial charge on any atom is 0.239 e. The molecule has 0 aliphatic carbocycles. The lowest BCUT2D eigenvalue weighted by Gasteiger charge is -2.22. The molecule has 0 aromatic heterocycles. The van der Waals surface area contributed by atoms with Gasteiger partial charge >= 0.3 is 0 Å². The lowest BCUT2D eigenvalue weighted by molar-refractivity contribution is -0.121. The zero-order valence-corrected chi connectivity index (χ0v) is 20.7. The Hall–Kier alpha value is -1.35. The van der Waals surface area contributed by atoms with E-state index in [1.165, 1.54) is 49.9 Å². The van der Waals surface area contributed by atoms with Crippen LogP contribution in [0, 0.1) is 0 Å². The molecular formula is C22H38IN5O. The van der Waals surface area contributed by atoms with Crippen LogP contribution in [0.4, 0.5) is 0 Å². The van der Waals surface area contributed by atoms with Crippen molar-refractivity contribution in [1.29, 1.82) is 0 Å². The molecule has 1 amide bonds. The van der Waals surface area contributed by atoms with Crippen LogP contribution in [0.15, 0.2) is 29.3 Å². The lowest BCUT2D eigenvalue weighted by atomic mass is 10.1. The highest BCUT2D eigenvalue weighted by molar-refractivity contribution is 14.0. The Morgan fingerprint density at radius 2 is 1.66 bits per heavy atom. The molecule has 7 heteroatoms. The largest absolute Gasteiger partial charge is 0.352 e. The normalized spacial score (nSPS) is 15.8. The van der Waals surface area contributed by atoms with Crippen LogP contribution in [-0.2, 0) is 17.9 Å². The van der Waals surface area contributed by atoms with E-state index in [0.717, 1.165) is 6.54 Å². The van der Waals surface area contributed by atoms with Gasteiger partial charge in [-0.2, -0.15) is 0 Å². The molecule has 3 N–H and O–H groups in total. The summed E-state index contributed by atoms with van der Waals surface area (Å²) >= 11 is 0. The van der Waals surface area contributed by atoms with Crippen molar-refractivity contribution < 1.29 is 4.79 Å². The van der Waals surface area contributed by atoms with E-state index >= 15 is 0 Å². The van der Waals surface area contributed by atoms with Crippen molar-refractivity contribution in [2.45, 2.75) is 65.1 Å². The maximum atomic E-state index is 12.0. The Morgan fingerprint density at radius 3 is 2.24 bits per heavy atom. The quantitative estimate of drug-likeness (QED) is 0.309. The molecule has 1 saturated heterocycles. The van der Waals surface area contributed by atoms with E-state index in [1.807, 2.05) is 20.8 Å². The summed E-state index contributed by atoms with van der Waals surface area (Å²) in [5.74, 6) is 0.589. The second kappa shape index (κ2) is 13.1. The minimum atomic E-state index is -0.234. The number of amides is 1. The van der Waals surface area contributed by atoms with Crippen LogP contribution in [0.25, 0.3) is 0 Å². The third kappa shape index (κ3) is 10.3. The predicted octanol–water partition coefficient (Wildman–Crippen LogP) is 3.26. The highest BCUT2D eigenvalue weighted by Gasteiger charge is 2.14. The van der Waals surface area contributed by atoms with Crippen LogP contribution in [-0.4, -0.2) is 49.0 Å². The first-order valence-electron chi connectivity index (χ1n) is 10.4. The van der Waals surface area contributed by atoms with E-state index in [2.05, 4.69) is 50.1 Å². The monoisotopic (exact) mass is 515 g/mol. The number of carbonyl (C=O) groups is 1. The maximum absolute atomic E-state index is 12.0. The Kier molecular flexibility index (Phi) is 11.6. The second-order valence-electron chi connectivity index (χ2n) is 8.54.